The summed E-state index contributed by atoms with van der Waals surface area (Å²) in [5.74, 6) is 1.16. The molecule has 1 fully saturated rings. The van der Waals surface area contributed by atoms with Gasteiger partial charge in [0.2, 0.25) is 0 Å². The zero-order valence-corrected chi connectivity index (χ0v) is 18.4. The van der Waals surface area contributed by atoms with Crippen LogP contribution in [0.25, 0.3) is 11.3 Å². The second-order valence-electron chi connectivity index (χ2n) is 7.72. The number of aromatic nitrogens is 3. The van der Waals surface area contributed by atoms with E-state index in [4.69, 9.17) is 11.6 Å². The van der Waals surface area contributed by atoms with Crippen LogP contribution in [0.4, 0.5) is 11.6 Å². The highest BCUT2D eigenvalue weighted by atomic mass is 35.5. The molecule has 7 nitrogen and oxygen atoms in total. The van der Waals surface area contributed by atoms with Crippen molar-refractivity contribution in [1.82, 2.24) is 20.3 Å². The van der Waals surface area contributed by atoms with Gasteiger partial charge in [-0.3, -0.25) is 14.7 Å². The van der Waals surface area contributed by atoms with Crippen molar-refractivity contribution in [1.29, 1.82) is 0 Å². The predicted octanol–water partition coefficient (Wildman–Crippen LogP) is 3.66. The van der Waals surface area contributed by atoms with Crippen LogP contribution in [0.15, 0.2) is 55.0 Å². The van der Waals surface area contributed by atoms with Gasteiger partial charge in [0.1, 0.15) is 5.82 Å². The lowest BCUT2D eigenvalue weighted by molar-refractivity contribution is 0.0971. The van der Waals surface area contributed by atoms with E-state index in [0.717, 1.165) is 36.5 Å². The summed E-state index contributed by atoms with van der Waals surface area (Å²) in [4.78, 5) is 30.5. The average molecular weight is 437 g/mol. The van der Waals surface area contributed by atoms with Crippen molar-refractivity contribution in [2.24, 2.45) is 0 Å². The number of amides is 1. The van der Waals surface area contributed by atoms with E-state index in [1.807, 2.05) is 43.3 Å². The number of hydrogen-bond acceptors (Lipinski definition) is 6. The van der Waals surface area contributed by atoms with Gasteiger partial charge in [-0.05, 0) is 43.7 Å². The zero-order valence-electron chi connectivity index (χ0n) is 17.6. The number of hydrogen-bond donors (Lipinski definition) is 1. The Morgan fingerprint density at radius 2 is 1.97 bits per heavy atom. The number of pyridine rings is 1. The van der Waals surface area contributed by atoms with E-state index in [1.165, 1.54) is 0 Å². The molecule has 3 aromatic rings. The molecule has 1 aliphatic heterocycles. The third-order valence-corrected chi connectivity index (χ3v) is 5.62. The third-order valence-electron chi connectivity index (χ3n) is 5.33. The van der Waals surface area contributed by atoms with Gasteiger partial charge in [0, 0.05) is 38.0 Å². The fraction of sp³-hybridized carbons (Fsp3) is 0.304. The highest BCUT2D eigenvalue weighted by molar-refractivity contribution is 6.33. The first kappa shape index (κ1) is 21.2. The fourth-order valence-electron chi connectivity index (χ4n) is 3.68. The Kier molecular flexibility index (Phi) is 6.44. The SMILES string of the molecule is CN(C)c1cncc(-c2ccc(C(=O)N(c3ncccc3Cl)[C@@H]3CCCNC3)cc2)n1. The maximum Gasteiger partial charge on any atom is 0.259 e. The number of nitrogens with one attached hydrogen (secondary N) is 1. The molecular weight excluding hydrogens is 412 g/mol. The molecule has 1 N–H and O–H groups in total. The van der Waals surface area contributed by atoms with Gasteiger partial charge in [0.05, 0.1) is 29.2 Å². The molecule has 8 heteroatoms. The third kappa shape index (κ3) is 4.68. The summed E-state index contributed by atoms with van der Waals surface area (Å²) in [7, 11) is 3.85. The van der Waals surface area contributed by atoms with Crippen molar-refractivity contribution in [3.05, 3.63) is 65.6 Å². The van der Waals surface area contributed by atoms with Crippen molar-refractivity contribution in [2.75, 3.05) is 37.0 Å². The van der Waals surface area contributed by atoms with E-state index in [-0.39, 0.29) is 11.9 Å². The van der Waals surface area contributed by atoms with Gasteiger partial charge < -0.3 is 10.2 Å². The van der Waals surface area contributed by atoms with Gasteiger partial charge in [-0.25, -0.2) is 9.97 Å². The van der Waals surface area contributed by atoms with Crippen LogP contribution >= 0.6 is 11.6 Å². The van der Waals surface area contributed by atoms with Crippen molar-refractivity contribution < 1.29 is 4.79 Å². The second kappa shape index (κ2) is 9.41. The topological polar surface area (TPSA) is 74.2 Å². The molecule has 0 unspecified atom stereocenters. The largest absolute Gasteiger partial charge is 0.361 e. The van der Waals surface area contributed by atoms with Crippen molar-refractivity contribution in [3.63, 3.8) is 0 Å². The van der Waals surface area contributed by atoms with Crippen LogP contribution in [0.2, 0.25) is 5.02 Å². The Hall–Kier alpha value is -3.03. The molecule has 0 spiro atoms. The molecular formula is C23H25ClN6O. The standard InChI is InChI=1S/C23H25ClN6O/c1-29(2)21-15-26-14-20(28-21)16-7-9-17(10-8-16)23(31)30(18-5-3-11-25-13-18)22-19(24)6-4-12-27-22/h4,6-10,12,14-15,18,25H,3,5,11,13H2,1-2H3/t18-/m1/s1. The molecule has 0 bridgehead atoms. The summed E-state index contributed by atoms with van der Waals surface area (Å²) in [6.07, 6.45) is 7.00. The normalized spacial score (nSPS) is 16.0. The van der Waals surface area contributed by atoms with Gasteiger partial charge in [-0.15, -0.1) is 0 Å². The summed E-state index contributed by atoms with van der Waals surface area (Å²) in [5, 5.41) is 3.84. The van der Waals surface area contributed by atoms with Gasteiger partial charge in [0.15, 0.2) is 5.82 Å². The minimum absolute atomic E-state index is 0.00374. The van der Waals surface area contributed by atoms with Crippen molar-refractivity contribution in [2.45, 2.75) is 18.9 Å². The second-order valence-corrected chi connectivity index (χ2v) is 8.13. The number of nitrogens with zero attached hydrogens (tertiary/aromatic N) is 5. The summed E-state index contributed by atoms with van der Waals surface area (Å²) in [6, 6.07) is 11.0. The Balaban J connectivity index is 1.64. The molecule has 1 amide bonds. The van der Waals surface area contributed by atoms with Gasteiger partial charge in [-0.1, -0.05) is 23.7 Å². The van der Waals surface area contributed by atoms with Gasteiger partial charge in [0.25, 0.3) is 5.91 Å². The molecule has 0 aliphatic carbocycles. The molecule has 1 aliphatic rings. The van der Waals surface area contributed by atoms with Crippen LogP contribution in [0.5, 0.6) is 0 Å². The fourth-order valence-corrected chi connectivity index (χ4v) is 3.89. The number of anilines is 2. The lowest BCUT2D eigenvalue weighted by Crippen LogP contribution is -2.49. The minimum atomic E-state index is -0.117. The van der Waals surface area contributed by atoms with Crippen LogP contribution in [-0.4, -0.2) is 54.1 Å². The number of carbonyl (C=O) groups excluding carboxylic acids is 1. The van der Waals surface area contributed by atoms with Crippen LogP contribution in [0, 0.1) is 0 Å². The summed E-state index contributed by atoms with van der Waals surface area (Å²) in [5.41, 5.74) is 2.23. The Labute approximate surface area is 187 Å². The molecule has 0 saturated carbocycles. The van der Waals surface area contributed by atoms with E-state index in [9.17, 15) is 4.79 Å². The van der Waals surface area contributed by atoms with E-state index in [1.54, 1.807) is 35.6 Å². The monoisotopic (exact) mass is 436 g/mol. The maximum absolute atomic E-state index is 13.6. The smallest absolute Gasteiger partial charge is 0.259 e. The maximum atomic E-state index is 13.6. The zero-order chi connectivity index (χ0) is 21.8. The number of benzene rings is 1. The lowest BCUT2D eigenvalue weighted by Gasteiger charge is -2.34. The van der Waals surface area contributed by atoms with Gasteiger partial charge >= 0.3 is 0 Å². The van der Waals surface area contributed by atoms with Crippen molar-refractivity contribution in [3.8, 4) is 11.3 Å². The van der Waals surface area contributed by atoms with E-state index < -0.39 is 0 Å². The van der Waals surface area contributed by atoms with E-state index in [0.29, 0.717) is 22.9 Å². The molecule has 1 aromatic carbocycles. The number of piperidine rings is 1. The first-order chi connectivity index (χ1) is 15.0. The number of carbonyl (C=O) groups is 1. The molecule has 2 aromatic heterocycles. The van der Waals surface area contributed by atoms with Crippen LogP contribution < -0.4 is 15.1 Å². The highest BCUT2D eigenvalue weighted by Crippen LogP contribution is 2.29. The van der Waals surface area contributed by atoms with E-state index >= 15 is 0 Å². The highest BCUT2D eigenvalue weighted by Gasteiger charge is 2.30. The minimum Gasteiger partial charge on any atom is -0.361 e. The predicted molar refractivity (Wildman–Crippen MR) is 124 cm³/mol. The molecule has 31 heavy (non-hydrogen) atoms. The first-order valence-corrected chi connectivity index (χ1v) is 10.7. The average Bonchev–Trinajstić information content (AvgIpc) is 2.81. The summed E-state index contributed by atoms with van der Waals surface area (Å²) in [6.45, 7) is 1.67. The Morgan fingerprint density at radius 1 is 1.16 bits per heavy atom. The number of rotatable bonds is 5. The van der Waals surface area contributed by atoms with Crippen LogP contribution in [-0.2, 0) is 0 Å². The van der Waals surface area contributed by atoms with Crippen LogP contribution in [0.1, 0.15) is 23.2 Å². The molecule has 4 rings (SSSR count). The lowest BCUT2D eigenvalue weighted by atomic mass is 10.0. The molecule has 1 saturated heterocycles. The Morgan fingerprint density at radius 3 is 2.65 bits per heavy atom. The summed E-state index contributed by atoms with van der Waals surface area (Å²) < 4.78 is 0. The quantitative estimate of drug-likeness (QED) is 0.658. The van der Waals surface area contributed by atoms with E-state index in [2.05, 4.69) is 20.3 Å². The molecule has 3 heterocycles. The van der Waals surface area contributed by atoms with Crippen molar-refractivity contribution >= 4 is 29.1 Å². The molecule has 1 atom stereocenters. The Bertz CT molecular complexity index is 1050. The first-order valence-electron chi connectivity index (χ1n) is 10.3. The molecule has 0 radical (unpaired) electrons. The van der Waals surface area contributed by atoms with Crippen LogP contribution in [0.3, 0.4) is 0 Å². The van der Waals surface area contributed by atoms with Gasteiger partial charge in [-0.2, -0.15) is 0 Å². The summed E-state index contributed by atoms with van der Waals surface area (Å²) >= 11 is 6.42. The number of halogens is 1. The molecule has 160 valence electrons.